The molecule has 0 bridgehead atoms. The second-order valence-electron chi connectivity index (χ2n) is 4.02. The molecule has 0 spiro atoms. The number of hydrogen-bond donors (Lipinski definition) is 3. The minimum absolute atomic E-state index is 0.286. The van der Waals surface area contributed by atoms with Crippen molar-refractivity contribution in [2.75, 3.05) is 5.73 Å². The minimum atomic E-state index is -0.729. The van der Waals surface area contributed by atoms with Crippen molar-refractivity contribution < 1.29 is 8.78 Å². The van der Waals surface area contributed by atoms with Gasteiger partial charge in [-0.2, -0.15) is 0 Å². The van der Waals surface area contributed by atoms with Crippen LogP contribution in [0.15, 0.2) is 40.9 Å². The Morgan fingerprint density at radius 3 is 2.53 bits per heavy atom. The molecule has 0 saturated carbocycles. The average molecular weight is 328 g/mol. The SMILES string of the molecule is NNC(c1cc(F)ccc1N)c1cccc(Br)c1F. The molecule has 0 aromatic heterocycles. The molecule has 2 aromatic rings. The number of hydrazine groups is 1. The highest BCUT2D eigenvalue weighted by Gasteiger charge is 2.20. The molecular weight excluding hydrogens is 316 g/mol. The van der Waals surface area contributed by atoms with Crippen molar-refractivity contribution >= 4 is 21.6 Å². The van der Waals surface area contributed by atoms with Gasteiger partial charge in [-0.1, -0.05) is 12.1 Å². The Labute approximate surface area is 117 Å². The number of anilines is 1. The van der Waals surface area contributed by atoms with Gasteiger partial charge in [0.2, 0.25) is 0 Å². The number of halogens is 3. The highest BCUT2D eigenvalue weighted by atomic mass is 79.9. The van der Waals surface area contributed by atoms with Crippen molar-refractivity contribution in [3.63, 3.8) is 0 Å². The largest absolute Gasteiger partial charge is 0.398 e. The maximum absolute atomic E-state index is 14.1. The molecule has 0 aliphatic rings. The molecule has 19 heavy (non-hydrogen) atoms. The molecule has 5 N–H and O–H groups in total. The Morgan fingerprint density at radius 1 is 1.11 bits per heavy atom. The van der Waals surface area contributed by atoms with Gasteiger partial charge in [0.1, 0.15) is 11.6 Å². The van der Waals surface area contributed by atoms with Gasteiger partial charge in [0, 0.05) is 16.8 Å². The molecule has 1 unspecified atom stereocenters. The fraction of sp³-hybridized carbons (Fsp3) is 0.0769. The van der Waals surface area contributed by atoms with Crippen LogP contribution >= 0.6 is 15.9 Å². The molecule has 0 amide bonds. The lowest BCUT2D eigenvalue weighted by Crippen LogP contribution is -2.30. The van der Waals surface area contributed by atoms with Crippen LogP contribution in [0.3, 0.4) is 0 Å². The van der Waals surface area contributed by atoms with Crippen LogP contribution in [-0.4, -0.2) is 0 Å². The summed E-state index contributed by atoms with van der Waals surface area (Å²) < 4.78 is 27.7. The zero-order chi connectivity index (χ0) is 14.0. The molecule has 0 fully saturated rings. The summed E-state index contributed by atoms with van der Waals surface area (Å²) in [5.74, 6) is 4.54. The number of nitrogens with one attached hydrogen (secondary N) is 1. The standard InChI is InChI=1S/C13H12BrF2N3/c14-10-3-1-2-8(12(10)16)13(19-18)9-6-7(15)4-5-11(9)17/h1-6,13,19H,17-18H2. The maximum atomic E-state index is 14.1. The van der Waals surface area contributed by atoms with Gasteiger partial charge < -0.3 is 5.73 Å². The zero-order valence-corrected chi connectivity index (χ0v) is 11.4. The Kier molecular flexibility index (Phi) is 4.14. The summed E-state index contributed by atoms with van der Waals surface area (Å²) in [4.78, 5) is 0. The third kappa shape index (κ3) is 2.75. The molecule has 1 atom stereocenters. The molecular formula is C13H12BrF2N3. The highest BCUT2D eigenvalue weighted by Crippen LogP contribution is 2.31. The van der Waals surface area contributed by atoms with Gasteiger partial charge >= 0.3 is 0 Å². The van der Waals surface area contributed by atoms with Gasteiger partial charge in [-0.3, -0.25) is 5.84 Å². The monoisotopic (exact) mass is 327 g/mol. The van der Waals surface area contributed by atoms with E-state index in [0.29, 0.717) is 15.7 Å². The number of rotatable bonds is 3. The van der Waals surface area contributed by atoms with Crippen LogP contribution < -0.4 is 17.0 Å². The Morgan fingerprint density at radius 2 is 1.84 bits per heavy atom. The van der Waals surface area contributed by atoms with E-state index < -0.39 is 17.7 Å². The van der Waals surface area contributed by atoms with Gasteiger partial charge in [0.05, 0.1) is 10.5 Å². The van der Waals surface area contributed by atoms with Gasteiger partial charge in [-0.15, -0.1) is 0 Å². The molecule has 2 aromatic carbocycles. The predicted molar refractivity (Wildman–Crippen MR) is 74.1 cm³/mol. The summed E-state index contributed by atoms with van der Waals surface area (Å²) in [6.07, 6.45) is 0. The molecule has 3 nitrogen and oxygen atoms in total. The number of nitrogen functional groups attached to an aromatic ring is 1. The normalized spacial score (nSPS) is 12.4. The number of nitrogens with two attached hydrogens (primary N) is 2. The average Bonchev–Trinajstić information content (AvgIpc) is 2.39. The smallest absolute Gasteiger partial charge is 0.142 e. The van der Waals surface area contributed by atoms with Crippen molar-refractivity contribution in [3.05, 3.63) is 63.6 Å². The minimum Gasteiger partial charge on any atom is -0.398 e. The predicted octanol–water partition coefficient (Wildman–Crippen LogP) is 2.86. The second kappa shape index (κ2) is 5.64. The Hall–Kier alpha value is -1.50. The van der Waals surface area contributed by atoms with E-state index in [1.165, 1.54) is 18.2 Å². The van der Waals surface area contributed by atoms with Crippen LogP contribution in [0.1, 0.15) is 17.2 Å². The lowest BCUT2D eigenvalue weighted by atomic mass is 9.97. The van der Waals surface area contributed by atoms with Crippen LogP contribution in [0, 0.1) is 11.6 Å². The molecule has 6 heteroatoms. The van der Waals surface area contributed by atoms with E-state index in [-0.39, 0.29) is 5.56 Å². The molecule has 0 radical (unpaired) electrons. The quantitative estimate of drug-likeness (QED) is 0.461. The lowest BCUT2D eigenvalue weighted by Gasteiger charge is -2.19. The molecule has 0 heterocycles. The van der Waals surface area contributed by atoms with Crippen LogP contribution in [0.4, 0.5) is 14.5 Å². The van der Waals surface area contributed by atoms with E-state index in [2.05, 4.69) is 21.4 Å². The first kappa shape index (κ1) is 13.9. The van der Waals surface area contributed by atoms with Crippen LogP contribution in [0.5, 0.6) is 0 Å². The van der Waals surface area contributed by atoms with Crippen molar-refractivity contribution in [3.8, 4) is 0 Å². The summed E-state index contributed by atoms with van der Waals surface area (Å²) in [5.41, 5.74) is 9.27. The summed E-state index contributed by atoms with van der Waals surface area (Å²) in [6, 6.07) is 7.97. The first-order chi connectivity index (χ1) is 9.04. The van der Waals surface area contributed by atoms with E-state index >= 15 is 0 Å². The Bertz CT molecular complexity index is 602. The summed E-state index contributed by atoms with van der Waals surface area (Å²) in [7, 11) is 0. The number of hydrogen-bond acceptors (Lipinski definition) is 3. The van der Waals surface area contributed by atoms with Crippen molar-refractivity contribution in [1.82, 2.24) is 5.43 Å². The molecule has 0 aliphatic carbocycles. The molecule has 0 saturated heterocycles. The Balaban J connectivity index is 2.56. The first-order valence-electron chi connectivity index (χ1n) is 5.49. The number of benzene rings is 2. The fourth-order valence-electron chi connectivity index (χ4n) is 1.89. The summed E-state index contributed by atoms with van der Waals surface area (Å²) in [6.45, 7) is 0. The van der Waals surface area contributed by atoms with Crippen LogP contribution in [0.2, 0.25) is 0 Å². The summed E-state index contributed by atoms with van der Waals surface area (Å²) >= 11 is 3.10. The van der Waals surface area contributed by atoms with Crippen molar-refractivity contribution in [1.29, 1.82) is 0 Å². The van der Waals surface area contributed by atoms with Crippen molar-refractivity contribution in [2.45, 2.75) is 6.04 Å². The maximum Gasteiger partial charge on any atom is 0.142 e. The third-order valence-corrected chi connectivity index (χ3v) is 3.43. The van der Waals surface area contributed by atoms with Gasteiger partial charge in [-0.05, 0) is 40.2 Å². The topological polar surface area (TPSA) is 64.1 Å². The van der Waals surface area contributed by atoms with Gasteiger partial charge in [-0.25, -0.2) is 14.2 Å². The van der Waals surface area contributed by atoms with E-state index in [1.807, 2.05) is 0 Å². The fourth-order valence-corrected chi connectivity index (χ4v) is 2.27. The second-order valence-corrected chi connectivity index (χ2v) is 4.87. The zero-order valence-electron chi connectivity index (χ0n) is 9.83. The van der Waals surface area contributed by atoms with Crippen molar-refractivity contribution in [2.24, 2.45) is 5.84 Å². The van der Waals surface area contributed by atoms with E-state index in [1.54, 1.807) is 18.2 Å². The molecule has 0 aliphatic heterocycles. The lowest BCUT2D eigenvalue weighted by molar-refractivity contribution is 0.552. The van der Waals surface area contributed by atoms with E-state index in [9.17, 15) is 8.78 Å². The van der Waals surface area contributed by atoms with E-state index in [4.69, 9.17) is 11.6 Å². The van der Waals surface area contributed by atoms with Crippen LogP contribution in [0.25, 0.3) is 0 Å². The third-order valence-electron chi connectivity index (χ3n) is 2.82. The molecule has 2 rings (SSSR count). The first-order valence-corrected chi connectivity index (χ1v) is 6.29. The highest BCUT2D eigenvalue weighted by molar-refractivity contribution is 9.10. The van der Waals surface area contributed by atoms with Gasteiger partial charge in [0.25, 0.3) is 0 Å². The summed E-state index contributed by atoms with van der Waals surface area (Å²) in [5, 5.41) is 0. The van der Waals surface area contributed by atoms with E-state index in [0.717, 1.165) is 0 Å². The molecule has 100 valence electrons. The van der Waals surface area contributed by atoms with Crippen LogP contribution in [-0.2, 0) is 0 Å². The van der Waals surface area contributed by atoms with Gasteiger partial charge in [0.15, 0.2) is 0 Å².